The Morgan fingerprint density at radius 1 is 1.30 bits per heavy atom. The number of benzene rings is 1. The summed E-state index contributed by atoms with van der Waals surface area (Å²) in [5.74, 6) is 1.18. The fourth-order valence-electron chi connectivity index (χ4n) is 4.24. The highest BCUT2D eigenvalue weighted by Crippen LogP contribution is 2.40. The molecular formula is C24H29N3O2S. The van der Waals surface area contributed by atoms with Crippen LogP contribution in [0.1, 0.15) is 60.1 Å². The molecular weight excluding hydrogens is 394 g/mol. The number of carbonyl (C=O) groups is 1. The van der Waals surface area contributed by atoms with Crippen LogP contribution in [0.15, 0.2) is 35.1 Å². The second kappa shape index (κ2) is 7.99. The molecule has 0 aliphatic heterocycles. The standard InChI is InChI=1S/C24H29N3O2S/c1-5-27(14-21-25-18-9-7-6-8-17(18)22(28)26-21)23(29)20-13-15-12-16(24(2,3)4)10-11-19(15)30-20/h6-9,13,16H,5,10-12,14H2,1-4H3,(H,25,26,28). The fraction of sp³-hybridized carbons (Fsp3) is 0.458. The molecule has 1 aromatic carbocycles. The molecule has 4 rings (SSSR count). The van der Waals surface area contributed by atoms with E-state index < -0.39 is 0 Å². The first-order chi connectivity index (χ1) is 14.3. The number of hydrogen-bond acceptors (Lipinski definition) is 4. The summed E-state index contributed by atoms with van der Waals surface area (Å²) < 4.78 is 0. The third kappa shape index (κ3) is 4.06. The molecule has 30 heavy (non-hydrogen) atoms. The van der Waals surface area contributed by atoms with Crippen LogP contribution >= 0.6 is 11.3 Å². The number of thiophene rings is 1. The number of nitrogens with zero attached hydrogens (tertiary/aromatic N) is 2. The number of amides is 1. The van der Waals surface area contributed by atoms with Gasteiger partial charge in [0.1, 0.15) is 5.82 Å². The Morgan fingerprint density at radius 2 is 2.07 bits per heavy atom. The Labute approximate surface area is 181 Å². The molecule has 6 heteroatoms. The number of fused-ring (bicyclic) bond motifs is 2. The molecule has 0 fully saturated rings. The molecule has 1 unspecified atom stereocenters. The van der Waals surface area contributed by atoms with Crippen LogP contribution in [0, 0.1) is 11.3 Å². The summed E-state index contributed by atoms with van der Waals surface area (Å²) in [7, 11) is 0. The summed E-state index contributed by atoms with van der Waals surface area (Å²) in [6, 6.07) is 9.37. The van der Waals surface area contributed by atoms with E-state index in [0.29, 0.717) is 35.7 Å². The summed E-state index contributed by atoms with van der Waals surface area (Å²) in [4.78, 5) is 36.9. The van der Waals surface area contributed by atoms with E-state index in [2.05, 4.69) is 36.8 Å². The van der Waals surface area contributed by atoms with Gasteiger partial charge < -0.3 is 9.88 Å². The van der Waals surface area contributed by atoms with E-state index >= 15 is 0 Å². The van der Waals surface area contributed by atoms with Crippen LogP contribution in [0.4, 0.5) is 0 Å². The predicted octanol–water partition coefficient (Wildman–Crippen LogP) is 4.80. The molecule has 0 spiro atoms. The van der Waals surface area contributed by atoms with Crippen molar-refractivity contribution < 1.29 is 4.79 Å². The Kier molecular flexibility index (Phi) is 5.53. The molecule has 5 nitrogen and oxygen atoms in total. The molecule has 0 bridgehead atoms. The molecule has 0 radical (unpaired) electrons. The topological polar surface area (TPSA) is 66.1 Å². The molecule has 1 amide bonds. The fourth-order valence-corrected chi connectivity index (χ4v) is 5.42. The van der Waals surface area contributed by atoms with Crippen LogP contribution in [0.25, 0.3) is 10.9 Å². The summed E-state index contributed by atoms with van der Waals surface area (Å²) in [6.07, 6.45) is 3.29. The van der Waals surface area contributed by atoms with Crippen molar-refractivity contribution in [3.63, 3.8) is 0 Å². The average Bonchev–Trinajstić information content (AvgIpc) is 3.14. The lowest BCUT2D eigenvalue weighted by molar-refractivity contribution is 0.0753. The largest absolute Gasteiger partial charge is 0.331 e. The van der Waals surface area contributed by atoms with E-state index in [9.17, 15) is 9.59 Å². The molecule has 1 aliphatic carbocycles. The third-order valence-corrected chi connectivity index (χ3v) is 7.41. The lowest BCUT2D eigenvalue weighted by Gasteiger charge is -2.33. The summed E-state index contributed by atoms with van der Waals surface area (Å²) in [5.41, 5.74) is 2.11. The Bertz CT molecular complexity index is 1140. The highest BCUT2D eigenvalue weighted by atomic mass is 32.1. The van der Waals surface area contributed by atoms with Gasteiger partial charge in [0.2, 0.25) is 0 Å². The van der Waals surface area contributed by atoms with Gasteiger partial charge in [0, 0.05) is 11.4 Å². The maximum absolute atomic E-state index is 13.2. The van der Waals surface area contributed by atoms with E-state index in [1.54, 1.807) is 22.3 Å². The number of H-pyrrole nitrogens is 1. The normalized spacial score (nSPS) is 16.5. The predicted molar refractivity (Wildman–Crippen MR) is 122 cm³/mol. The first kappa shape index (κ1) is 20.8. The number of rotatable bonds is 4. The van der Waals surface area contributed by atoms with Gasteiger partial charge in [-0.05, 0) is 61.3 Å². The van der Waals surface area contributed by atoms with Gasteiger partial charge in [-0.3, -0.25) is 9.59 Å². The van der Waals surface area contributed by atoms with Crippen LogP contribution in [-0.2, 0) is 19.4 Å². The van der Waals surface area contributed by atoms with Crippen LogP contribution in [0.2, 0.25) is 0 Å². The van der Waals surface area contributed by atoms with Gasteiger partial charge in [-0.25, -0.2) is 4.98 Å². The zero-order chi connectivity index (χ0) is 21.5. The monoisotopic (exact) mass is 423 g/mol. The highest BCUT2D eigenvalue weighted by Gasteiger charge is 2.31. The van der Waals surface area contributed by atoms with Gasteiger partial charge in [-0.2, -0.15) is 0 Å². The third-order valence-electron chi connectivity index (χ3n) is 6.19. The van der Waals surface area contributed by atoms with E-state index in [0.717, 1.165) is 17.7 Å². The highest BCUT2D eigenvalue weighted by molar-refractivity contribution is 7.14. The quantitative estimate of drug-likeness (QED) is 0.656. The SMILES string of the molecule is CCN(Cc1nc2ccccc2c(=O)[nH]1)C(=O)c1cc2c(s1)CCC(C(C)(C)C)C2. The Morgan fingerprint density at radius 3 is 2.80 bits per heavy atom. The first-order valence-corrected chi connectivity index (χ1v) is 11.5. The van der Waals surface area contributed by atoms with Crippen molar-refractivity contribution in [1.29, 1.82) is 0 Å². The number of aromatic nitrogens is 2. The van der Waals surface area contributed by atoms with Crippen LogP contribution in [-0.4, -0.2) is 27.3 Å². The molecule has 2 heterocycles. The van der Waals surface area contributed by atoms with Crippen molar-refractivity contribution in [3.8, 4) is 0 Å². The second-order valence-electron chi connectivity index (χ2n) is 9.21. The van der Waals surface area contributed by atoms with Crippen molar-refractivity contribution in [2.24, 2.45) is 11.3 Å². The summed E-state index contributed by atoms with van der Waals surface area (Å²) in [6.45, 7) is 9.72. The average molecular weight is 424 g/mol. The maximum atomic E-state index is 13.2. The van der Waals surface area contributed by atoms with Crippen molar-refractivity contribution >= 4 is 28.1 Å². The van der Waals surface area contributed by atoms with Gasteiger partial charge in [0.05, 0.1) is 22.3 Å². The molecule has 1 atom stereocenters. The van der Waals surface area contributed by atoms with E-state index in [1.807, 2.05) is 25.1 Å². The van der Waals surface area contributed by atoms with Crippen molar-refractivity contribution in [2.45, 2.75) is 53.5 Å². The molecule has 158 valence electrons. The second-order valence-corrected chi connectivity index (χ2v) is 10.4. The molecule has 3 aromatic rings. The van der Waals surface area contributed by atoms with Crippen molar-refractivity contribution in [1.82, 2.24) is 14.9 Å². The molecule has 0 saturated carbocycles. The van der Waals surface area contributed by atoms with Gasteiger partial charge in [0.25, 0.3) is 11.5 Å². The van der Waals surface area contributed by atoms with E-state index in [4.69, 9.17) is 0 Å². The van der Waals surface area contributed by atoms with Gasteiger partial charge in [0.15, 0.2) is 0 Å². The summed E-state index contributed by atoms with van der Waals surface area (Å²) >= 11 is 1.63. The van der Waals surface area contributed by atoms with E-state index in [1.165, 1.54) is 16.9 Å². The zero-order valence-electron chi connectivity index (χ0n) is 18.1. The maximum Gasteiger partial charge on any atom is 0.264 e. The van der Waals surface area contributed by atoms with Crippen molar-refractivity contribution in [2.75, 3.05) is 6.54 Å². The lowest BCUT2D eigenvalue weighted by Crippen LogP contribution is -2.31. The van der Waals surface area contributed by atoms with Crippen LogP contribution < -0.4 is 5.56 Å². The number of para-hydroxylation sites is 1. The van der Waals surface area contributed by atoms with Gasteiger partial charge >= 0.3 is 0 Å². The number of nitrogens with one attached hydrogen (secondary N) is 1. The van der Waals surface area contributed by atoms with Crippen molar-refractivity contribution in [3.05, 3.63) is 61.8 Å². The van der Waals surface area contributed by atoms with E-state index in [-0.39, 0.29) is 16.9 Å². The number of hydrogen-bond donors (Lipinski definition) is 1. The number of aromatic amines is 1. The molecule has 1 N–H and O–H groups in total. The first-order valence-electron chi connectivity index (χ1n) is 10.6. The minimum absolute atomic E-state index is 0.0139. The van der Waals surface area contributed by atoms with Gasteiger partial charge in [-0.1, -0.05) is 32.9 Å². The molecule has 2 aromatic heterocycles. The smallest absolute Gasteiger partial charge is 0.264 e. The summed E-state index contributed by atoms with van der Waals surface area (Å²) in [5, 5.41) is 0.565. The Hall–Kier alpha value is -2.47. The zero-order valence-corrected chi connectivity index (χ0v) is 18.9. The van der Waals surface area contributed by atoms with Crippen LogP contribution in [0.5, 0.6) is 0 Å². The minimum Gasteiger partial charge on any atom is -0.331 e. The number of aryl methyl sites for hydroxylation is 1. The molecule has 1 aliphatic rings. The number of carbonyl (C=O) groups excluding carboxylic acids is 1. The van der Waals surface area contributed by atoms with Crippen LogP contribution in [0.3, 0.4) is 0 Å². The minimum atomic E-state index is -0.168. The molecule has 0 saturated heterocycles. The Balaban J connectivity index is 1.56. The lowest BCUT2D eigenvalue weighted by atomic mass is 9.72. The van der Waals surface area contributed by atoms with Gasteiger partial charge in [-0.15, -0.1) is 11.3 Å².